The van der Waals surface area contributed by atoms with Crippen LogP contribution in [0.3, 0.4) is 0 Å². The molecule has 0 saturated heterocycles. The van der Waals surface area contributed by atoms with Crippen LogP contribution in [-0.4, -0.2) is 38.9 Å². The van der Waals surface area contributed by atoms with E-state index in [2.05, 4.69) is 25.2 Å². The van der Waals surface area contributed by atoms with Crippen molar-refractivity contribution < 1.29 is 23.7 Å². The summed E-state index contributed by atoms with van der Waals surface area (Å²) in [6, 6.07) is 15.2. The molecule has 2 rings (SSSR count). The van der Waals surface area contributed by atoms with Crippen molar-refractivity contribution in [3.63, 3.8) is 0 Å². The van der Waals surface area contributed by atoms with Gasteiger partial charge in [0.1, 0.15) is 11.5 Å². The van der Waals surface area contributed by atoms with Crippen LogP contribution in [0.2, 0.25) is 0 Å². The van der Waals surface area contributed by atoms with E-state index in [1.807, 2.05) is 54.6 Å². The first kappa shape index (κ1) is 27.4. The van der Waals surface area contributed by atoms with Crippen LogP contribution in [0.5, 0.6) is 11.5 Å². The van der Waals surface area contributed by atoms with Crippen LogP contribution in [0, 0.1) is 5.92 Å². The minimum atomic E-state index is -0.325. The number of carbonyl (C=O) groups is 1. The number of hydrogen-bond donors (Lipinski definition) is 1. The zero-order chi connectivity index (χ0) is 24.8. The number of benzene rings is 2. The molecule has 0 aromatic heterocycles. The molecule has 0 radical (unpaired) electrons. The fraction of sp³-hybridized carbons (Fsp3) is 0.464. The van der Waals surface area contributed by atoms with Gasteiger partial charge < -0.3 is 24.3 Å². The van der Waals surface area contributed by atoms with Crippen molar-refractivity contribution in [1.29, 1.82) is 0 Å². The second-order valence-corrected chi connectivity index (χ2v) is 8.69. The summed E-state index contributed by atoms with van der Waals surface area (Å²) in [7, 11) is 3.29. The highest BCUT2D eigenvalue weighted by Crippen LogP contribution is 2.16. The Hall–Kier alpha value is -2.83. The lowest BCUT2D eigenvalue weighted by atomic mass is 10.1. The van der Waals surface area contributed by atoms with E-state index in [0.29, 0.717) is 25.7 Å². The van der Waals surface area contributed by atoms with E-state index in [9.17, 15) is 4.79 Å². The topological polar surface area (TPSA) is 66.0 Å². The molecule has 1 N–H and O–H groups in total. The second kappa shape index (κ2) is 15.1. The molecule has 0 aliphatic rings. The van der Waals surface area contributed by atoms with E-state index in [4.69, 9.17) is 18.9 Å². The molecule has 0 spiro atoms. The summed E-state index contributed by atoms with van der Waals surface area (Å²) in [5.41, 5.74) is 2.06. The van der Waals surface area contributed by atoms with Gasteiger partial charge in [0.2, 0.25) is 5.91 Å². The predicted molar refractivity (Wildman–Crippen MR) is 135 cm³/mol. The minimum Gasteiger partial charge on any atom is -0.497 e. The first-order chi connectivity index (χ1) is 16.4. The van der Waals surface area contributed by atoms with Crippen LogP contribution in [0.4, 0.5) is 0 Å². The molecular weight excluding hydrogens is 430 g/mol. The van der Waals surface area contributed by atoms with Crippen molar-refractivity contribution >= 4 is 5.91 Å². The molecule has 186 valence electrons. The Kier molecular flexibility index (Phi) is 12.2. The molecule has 0 fully saturated rings. The number of ether oxygens (including phenoxy) is 4. The van der Waals surface area contributed by atoms with Gasteiger partial charge in [-0.25, -0.2) is 0 Å². The Bertz CT molecular complexity index is 861. The number of amides is 1. The third-order valence-corrected chi connectivity index (χ3v) is 5.35. The number of hydrogen-bond acceptors (Lipinski definition) is 5. The molecule has 0 aliphatic heterocycles. The third-order valence-electron chi connectivity index (χ3n) is 5.35. The van der Waals surface area contributed by atoms with Crippen LogP contribution in [0.1, 0.15) is 44.7 Å². The highest BCUT2D eigenvalue weighted by atomic mass is 16.5. The van der Waals surface area contributed by atoms with Crippen molar-refractivity contribution in [1.82, 2.24) is 5.32 Å². The summed E-state index contributed by atoms with van der Waals surface area (Å²) in [6.07, 6.45) is 5.91. The lowest BCUT2D eigenvalue weighted by Gasteiger charge is -2.26. The molecule has 1 amide bonds. The average molecular weight is 470 g/mol. The third kappa shape index (κ3) is 10.4. The van der Waals surface area contributed by atoms with Gasteiger partial charge in [-0.15, -0.1) is 0 Å². The number of allylic oxidation sites excluding steroid dienone is 1. The highest BCUT2D eigenvalue weighted by Gasteiger charge is 2.21. The first-order valence-electron chi connectivity index (χ1n) is 11.8. The average Bonchev–Trinajstić information content (AvgIpc) is 2.83. The molecular formula is C28H39NO5. The van der Waals surface area contributed by atoms with Gasteiger partial charge in [-0.2, -0.15) is 0 Å². The van der Waals surface area contributed by atoms with E-state index in [0.717, 1.165) is 35.5 Å². The summed E-state index contributed by atoms with van der Waals surface area (Å²) in [6.45, 7) is 7.10. The van der Waals surface area contributed by atoms with E-state index in [1.54, 1.807) is 14.2 Å². The van der Waals surface area contributed by atoms with E-state index in [1.165, 1.54) is 6.92 Å². The predicted octanol–water partition coefficient (Wildman–Crippen LogP) is 5.30. The van der Waals surface area contributed by atoms with Crippen molar-refractivity contribution in [2.75, 3.05) is 20.8 Å². The van der Waals surface area contributed by atoms with Gasteiger partial charge in [-0.05, 0) is 54.2 Å². The van der Waals surface area contributed by atoms with Crippen LogP contribution in [0.25, 0.3) is 0 Å². The van der Waals surface area contributed by atoms with Gasteiger partial charge in [0, 0.05) is 6.92 Å². The Balaban J connectivity index is 2.06. The maximum atomic E-state index is 12.0. The van der Waals surface area contributed by atoms with E-state index >= 15 is 0 Å². The van der Waals surface area contributed by atoms with Crippen LogP contribution in [0.15, 0.2) is 60.7 Å². The molecule has 0 unspecified atom stereocenters. The van der Waals surface area contributed by atoms with Crippen molar-refractivity contribution in [2.24, 2.45) is 5.92 Å². The second-order valence-electron chi connectivity index (χ2n) is 8.69. The SMILES string of the molecule is COc1ccc(COC[C@@H](NC(C)=O)[C@@H](/C=C/CCC(C)C)OCc2ccc(OC)cc2)cc1. The molecule has 0 saturated carbocycles. The largest absolute Gasteiger partial charge is 0.497 e. The molecule has 0 bridgehead atoms. The maximum absolute atomic E-state index is 12.0. The van der Waals surface area contributed by atoms with Gasteiger partial charge in [-0.3, -0.25) is 4.79 Å². The van der Waals surface area contributed by atoms with E-state index in [-0.39, 0.29) is 18.1 Å². The van der Waals surface area contributed by atoms with E-state index < -0.39 is 0 Å². The zero-order valence-corrected chi connectivity index (χ0v) is 21.1. The summed E-state index contributed by atoms with van der Waals surface area (Å²) in [5, 5.41) is 3.01. The van der Waals surface area contributed by atoms with Crippen LogP contribution >= 0.6 is 0 Å². The Labute approximate surface area is 204 Å². The fourth-order valence-corrected chi connectivity index (χ4v) is 3.39. The number of nitrogens with one attached hydrogen (secondary N) is 1. The van der Waals surface area contributed by atoms with Crippen molar-refractivity contribution in [3.8, 4) is 11.5 Å². The number of carbonyl (C=O) groups excluding carboxylic acids is 1. The molecule has 2 aromatic carbocycles. The lowest BCUT2D eigenvalue weighted by Crippen LogP contribution is -2.46. The Morgan fingerprint density at radius 1 is 0.912 bits per heavy atom. The Morgan fingerprint density at radius 3 is 1.97 bits per heavy atom. The number of methoxy groups -OCH3 is 2. The van der Waals surface area contributed by atoms with Gasteiger partial charge in [0.25, 0.3) is 0 Å². The van der Waals surface area contributed by atoms with Crippen LogP contribution < -0.4 is 14.8 Å². The van der Waals surface area contributed by atoms with Crippen molar-refractivity contribution in [3.05, 3.63) is 71.8 Å². The summed E-state index contributed by atoms with van der Waals surface area (Å²) < 4.78 is 22.7. The Morgan fingerprint density at radius 2 is 1.47 bits per heavy atom. The van der Waals surface area contributed by atoms with Crippen molar-refractivity contribution in [2.45, 2.75) is 59.0 Å². The molecule has 2 aromatic rings. The van der Waals surface area contributed by atoms with Gasteiger partial charge >= 0.3 is 0 Å². The standard InChI is InChI=1S/C28H39NO5/c1-21(2)8-6-7-9-28(34-19-24-12-16-26(32-5)17-13-24)27(29-22(3)30)20-33-18-23-10-14-25(31-4)15-11-23/h7,9-17,21,27-28H,6,8,18-20H2,1-5H3,(H,29,30)/b9-7+/t27-,28-/m1/s1. The van der Waals surface area contributed by atoms with Crippen LogP contribution in [-0.2, 0) is 27.5 Å². The highest BCUT2D eigenvalue weighted by molar-refractivity contribution is 5.73. The molecule has 0 heterocycles. The maximum Gasteiger partial charge on any atom is 0.217 e. The van der Waals surface area contributed by atoms with Gasteiger partial charge in [-0.1, -0.05) is 50.3 Å². The van der Waals surface area contributed by atoms with Gasteiger partial charge in [0.05, 0.1) is 46.2 Å². The summed E-state index contributed by atoms with van der Waals surface area (Å²) in [4.78, 5) is 12.0. The molecule has 6 heteroatoms. The summed E-state index contributed by atoms with van der Waals surface area (Å²) >= 11 is 0. The fourth-order valence-electron chi connectivity index (χ4n) is 3.39. The summed E-state index contributed by atoms with van der Waals surface area (Å²) in [5.74, 6) is 2.12. The molecule has 6 nitrogen and oxygen atoms in total. The molecule has 0 aliphatic carbocycles. The van der Waals surface area contributed by atoms with Gasteiger partial charge in [0.15, 0.2) is 0 Å². The number of rotatable bonds is 15. The monoisotopic (exact) mass is 469 g/mol. The lowest BCUT2D eigenvalue weighted by molar-refractivity contribution is -0.121. The minimum absolute atomic E-state index is 0.119. The first-order valence-corrected chi connectivity index (χ1v) is 11.8. The molecule has 2 atom stereocenters. The molecule has 34 heavy (non-hydrogen) atoms. The normalized spacial score (nSPS) is 13.1. The zero-order valence-electron chi connectivity index (χ0n) is 21.1. The quantitative estimate of drug-likeness (QED) is 0.359. The smallest absolute Gasteiger partial charge is 0.217 e.